The lowest BCUT2D eigenvalue weighted by molar-refractivity contribution is -0.106. The molecule has 2 aliphatic rings. The van der Waals surface area contributed by atoms with Gasteiger partial charge < -0.3 is 16.2 Å². The van der Waals surface area contributed by atoms with Gasteiger partial charge >= 0.3 is 0 Å². The van der Waals surface area contributed by atoms with Crippen molar-refractivity contribution in [3.63, 3.8) is 0 Å². The standard InChI is InChI=1S/C19H21FN2O.CH3NO/c1-11-10-23-19-15(11)8-17(16(9-21)12-2-3-12)22-18(19)13-4-6-14(20)7-5-13;2-1-3/h4-8,11-12,16H,2-3,9-10,21H2,1H3;1H,(H2,2,3). The molecule has 1 saturated carbocycles. The first-order chi connectivity index (χ1) is 12.6. The number of nitrogens with two attached hydrogens (primary N) is 2. The minimum absolute atomic E-state index is 0.242. The molecule has 1 aliphatic heterocycles. The summed E-state index contributed by atoms with van der Waals surface area (Å²) in [5.74, 6) is 1.92. The van der Waals surface area contributed by atoms with Gasteiger partial charge in [0.25, 0.3) is 0 Å². The van der Waals surface area contributed by atoms with E-state index in [-0.39, 0.29) is 12.2 Å². The zero-order chi connectivity index (χ0) is 18.7. The van der Waals surface area contributed by atoms with E-state index in [0.717, 1.165) is 22.7 Å². The van der Waals surface area contributed by atoms with Crippen molar-refractivity contribution in [1.82, 2.24) is 4.98 Å². The van der Waals surface area contributed by atoms with Gasteiger partial charge in [-0.25, -0.2) is 9.37 Å². The lowest BCUT2D eigenvalue weighted by atomic mass is 9.93. The summed E-state index contributed by atoms with van der Waals surface area (Å²) in [5.41, 5.74) is 14.2. The van der Waals surface area contributed by atoms with Gasteiger partial charge in [-0.2, -0.15) is 0 Å². The summed E-state index contributed by atoms with van der Waals surface area (Å²) in [6.45, 7) is 3.46. The first-order valence-electron chi connectivity index (χ1n) is 8.88. The molecule has 1 amide bonds. The van der Waals surface area contributed by atoms with Crippen molar-refractivity contribution in [2.24, 2.45) is 17.4 Å². The smallest absolute Gasteiger partial charge is 0.204 e. The fraction of sp³-hybridized carbons (Fsp3) is 0.400. The second kappa shape index (κ2) is 7.83. The normalized spacial score (nSPS) is 19.0. The summed E-state index contributed by atoms with van der Waals surface area (Å²) in [5, 5.41) is 0. The van der Waals surface area contributed by atoms with Gasteiger partial charge in [0.2, 0.25) is 6.41 Å². The van der Waals surface area contributed by atoms with E-state index in [0.29, 0.717) is 30.9 Å². The van der Waals surface area contributed by atoms with E-state index in [4.69, 9.17) is 20.2 Å². The summed E-state index contributed by atoms with van der Waals surface area (Å²) in [4.78, 5) is 13.5. The van der Waals surface area contributed by atoms with Gasteiger partial charge in [-0.05, 0) is 49.1 Å². The molecule has 4 N–H and O–H groups in total. The molecule has 138 valence electrons. The van der Waals surface area contributed by atoms with Crippen molar-refractivity contribution in [2.45, 2.75) is 31.6 Å². The molecule has 0 bridgehead atoms. The Kier molecular flexibility index (Phi) is 5.52. The third kappa shape index (κ3) is 3.70. The molecule has 2 heterocycles. The Morgan fingerprint density at radius 1 is 1.35 bits per heavy atom. The Morgan fingerprint density at radius 2 is 2.00 bits per heavy atom. The number of amides is 1. The number of benzene rings is 1. The van der Waals surface area contributed by atoms with Gasteiger partial charge in [-0.1, -0.05) is 6.92 Å². The SMILES string of the molecule is CC1COc2c1cc(C(CN)C1CC1)nc2-c1ccc(F)cc1.NC=O. The van der Waals surface area contributed by atoms with Crippen LogP contribution in [0.3, 0.4) is 0 Å². The fourth-order valence-electron chi connectivity index (χ4n) is 3.44. The van der Waals surface area contributed by atoms with Crippen molar-refractivity contribution >= 4 is 6.41 Å². The van der Waals surface area contributed by atoms with Crippen LogP contribution in [-0.4, -0.2) is 24.5 Å². The first kappa shape index (κ1) is 18.3. The lowest BCUT2D eigenvalue weighted by Crippen LogP contribution is -2.16. The highest BCUT2D eigenvalue weighted by molar-refractivity contribution is 5.70. The highest BCUT2D eigenvalue weighted by Gasteiger charge is 2.34. The van der Waals surface area contributed by atoms with Crippen LogP contribution in [-0.2, 0) is 4.79 Å². The topological polar surface area (TPSA) is 91.2 Å². The number of primary amides is 1. The van der Waals surface area contributed by atoms with Crippen LogP contribution in [0.2, 0.25) is 0 Å². The molecule has 5 nitrogen and oxygen atoms in total. The minimum Gasteiger partial charge on any atom is -0.490 e. The predicted octanol–water partition coefficient (Wildman–Crippen LogP) is 2.94. The van der Waals surface area contributed by atoms with Crippen LogP contribution in [0.1, 0.15) is 42.9 Å². The summed E-state index contributed by atoms with van der Waals surface area (Å²) in [7, 11) is 0. The molecule has 1 aliphatic carbocycles. The van der Waals surface area contributed by atoms with Crippen molar-refractivity contribution in [2.75, 3.05) is 13.2 Å². The van der Waals surface area contributed by atoms with E-state index in [1.54, 1.807) is 12.1 Å². The van der Waals surface area contributed by atoms with Crippen molar-refractivity contribution in [1.29, 1.82) is 0 Å². The monoisotopic (exact) mass is 357 g/mol. The zero-order valence-corrected chi connectivity index (χ0v) is 14.8. The van der Waals surface area contributed by atoms with E-state index < -0.39 is 0 Å². The summed E-state index contributed by atoms with van der Waals surface area (Å²) in [6.07, 6.45) is 2.72. The number of carbonyl (C=O) groups is 1. The molecular formula is C20H24FN3O2. The van der Waals surface area contributed by atoms with Crippen molar-refractivity contribution < 1.29 is 13.9 Å². The highest BCUT2D eigenvalue weighted by Crippen LogP contribution is 2.46. The molecule has 1 aromatic carbocycles. The van der Waals surface area contributed by atoms with Crippen LogP contribution in [0.25, 0.3) is 11.3 Å². The number of halogens is 1. The van der Waals surface area contributed by atoms with Crippen LogP contribution in [0.4, 0.5) is 4.39 Å². The molecule has 0 spiro atoms. The minimum atomic E-state index is -0.242. The molecule has 2 aromatic rings. The van der Waals surface area contributed by atoms with E-state index in [1.165, 1.54) is 30.5 Å². The van der Waals surface area contributed by atoms with E-state index >= 15 is 0 Å². The molecule has 0 radical (unpaired) electrons. The fourth-order valence-corrected chi connectivity index (χ4v) is 3.44. The van der Waals surface area contributed by atoms with Gasteiger partial charge in [-0.15, -0.1) is 0 Å². The maximum atomic E-state index is 13.2. The Labute approximate surface area is 152 Å². The summed E-state index contributed by atoms with van der Waals surface area (Å²) < 4.78 is 19.1. The van der Waals surface area contributed by atoms with Crippen molar-refractivity contribution in [3.05, 3.63) is 47.4 Å². The summed E-state index contributed by atoms with van der Waals surface area (Å²) in [6, 6.07) is 8.65. The number of hydrogen-bond acceptors (Lipinski definition) is 4. The molecule has 2 atom stereocenters. The van der Waals surface area contributed by atoms with Gasteiger partial charge in [-0.3, -0.25) is 4.79 Å². The zero-order valence-electron chi connectivity index (χ0n) is 14.8. The number of ether oxygens (including phenoxy) is 1. The number of fused-ring (bicyclic) bond motifs is 1. The van der Waals surface area contributed by atoms with Crippen LogP contribution >= 0.6 is 0 Å². The maximum absolute atomic E-state index is 13.2. The predicted molar refractivity (Wildman–Crippen MR) is 98.3 cm³/mol. The molecule has 1 aromatic heterocycles. The lowest BCUT2D eigenvalue weighted by Gasteiger charge is -2.17. The number of carbonyl (C=O) groups excluding carboxylic acids is 1. The third-order valence-electron chi connectivity index (χ3n) is 4.97. The number of aromatic nitrogens is 1. The first-order valence-corrected chi connectivity index (χ1v) is 8.88. The van der Waals surface area contributed by atoms with E-state index in [9.17, 15) is 4.39 Å². The number of rotatable bonds is 4. The van der Waals surface area contributed by atoms with Crippen LogP contribution in [0, 0.1) is 11.7 Å². The van der Waals surface area contributed by atoms with Gasteiger partial charge in [0.15, 0.2) is 0 Å². The largest absolute Gasteiger partial charge is 0.490 e. The van der Waals surface area contributed by atoms with Gasteiger partial charge in [0, 0.05) is 35.2 Å². The van der Waals surface area contributed by atoms with Crippen molar-refractivity contribution in [3.8, 4) is 17.0 Å². The van der Waals surface area contributed by atoms with Crippen LogP contribution < -0.4 is 16.2 Å². The molecule has 2 unspecified atom stereocenters. The van der Waals surface area contributed by atoms with Crippen LogP contribution in [0.5, 0.6) is 5.75 Å². The number of hydrogen-bond donors (Lipinski definition) is 2. The summed E-state index contributed by atoms with van der Waals surface area (Å²) >= 11 is 0. The van der Waals surface area contributed by atoms with Gasteiger partial charge in [0.05, 0.1) is 6.61 Å². The Hall–Kier alpha value is -2.47. The Morgan fingerprint density at radius 3 is 2.58 bits per heavy atom. The highest BCUT2D eigenvalue weighted by atomic mass is 19.1. The molecule has 0 saturated heterocycles. The third-order valence-corrected chi connectivity index (χ3v) is 4.97. The second-order valence-corrected chi connectivity index (χ2v) is 6.85. The second-order valence-electron chi connectivity index (χ2n) is 6.85. The van der Waals surface area contributed by atoms with Crippen LogP contribution in [0.15, 0.2) is 30.3 Å². The molecular weight excluding hydrogens is 333 g/mol. The molecule has 4 rings (SSSR count). The number of nitrogens with zero attached hydrogens (tertiary/aromatic N) is 1. The average molecular weight is 357 g/mol. The van der Waals surface area contributed by atoms with E-state index in [1.807, 2.05) is 0 Å². The Balaban J connectivity index is 0.000000613. The van der Waals surface area contributed by atoms with E-state index in [2.05, 4.69) is 18.7 Å². The Bertz CT molecular complexity index is 775. The molecule has 1 fully saturated rings. The maximum Gasteiger partial charge on any atom is 0.204 e. The molecule has 6 heteroatoms. The molecule has 26 heavy (non-hydrogen) atoms. The van der Waals surface area contributed by atoms with Gasteiger partial charge in [0.1, 0.15) is 17.3 Å². The quantitative estimate of drug-likeness (QED) is 0.823. The number of pyridine rings is 1. The average Bonchev–Trinajstić information content (AvgIpc) is 3.40.